The van der Waals surface area contributed by atoms with Gasteiger partial charge in [-0.3, -0.25) is 0 Å². The van der Waals surface area contributed by atoms with Gasteiger partial charge in [-0.05, 0) is 92.4 Å². The molecule has 4 aliphatic rings. The molecule has 4 aliphatic carbocycles. The summed E-state index contributed by atoms with van der Waals surface area (Å²) < 4.78 is 12.9. The second-order valence-corrected chi connectivity index (χ2v) is 9.99. The second-order valence-electron chi connectivity index (χ2n) is 9.99. The molecule has 4 saturated carbocycles. The summed E-state index contributed by atoms with van der Waals surface area (Å²) >= 11 is 0. The molecule has 0 spiro atoms. The van der Waals surface area contributed by atoms with E-state index in [0.29, 0.717) is 0 Å². The maximum atomic E-state index is 13.0. The molecule has 4 nitrogen and oxygen atoms in total. The minimum absolute atomic E-state index is 0.196. The lowest BCUT2D eigenvalue weighted by Crippen LogP contribution is -2.49. The molecule has 3 aromatic rings. The summed E-state index contributed by atoms with van der Waals surface area (Å²) in [6.07, 6.45) is 9.94. The fourth-order valence-corrected chi connectivity index (χ4v) is 7.10. The Kier molecular flexibility index (Phi) is 3.90. The second kappa shape index (κ2) is 6.44. The molecule has 4 bridgehead atoms. The van der Waals surface area contributed by atoms with Gasteiger partial charge in [-0.2, -0.15) is 4.79 Å². The van der Waals surface area contributed by atoms with Crippen LogP contribution in [0.25, 0.3) is 16.7 Å². The van der Waals surface area contributed by atoms with Crippen LogP contribution < -0.4 is 15.1 Å². The van der Waals surface area contributed by atoms with Gasteiger partial charge in [0.2, 0.25) is 5.69 Å². The molecule has 4 fully saturated rings. The smallest absolute Gasteiger partial charge is 0.497 e. The van der Waals surface area contributed by atoms with Gasteiger partial charge in [-0.15, -0.1) is 0 Å². The van der Waals surface area contributed by atoms with Gasteiger partial charge in [0, 0.05) is 17.7 Å². The first-order valence-electron chi connectivity index (χ1n) is 11.2. The Labute approximate surface area is 176 Å². The van der Waals surface area contributed by atoms with Crippen LogP contribution in [0, 0.1) is 24.7 Å². The molecular formula is C26H28NO3+. The van der Waals surface area contributed by atoms with Gasteiger partial charge in [0.15, 0.2) is 11.8 Å². The maximum absolute atomic E-state index is 13.0. The van der Waals surface area contributed by atoms with Crippen molar-refractivity contribution in [2.75, 3.05) is 7.11 Å². The van der Waals surface area contributed by atoms with Crippen molar-refractivity contribution >= 4 is 11.0 Å². The highest BCUT2D eigenvalue weighted by molar-refractivity contribution is 5.80. The van der Waals surface area contributed by atoms with Crippen LogP contribution in [-0.2, 0) is 5.41 Å². The molecule has 7 rings (SSSR count). The monoisotopic (exact) mass is 402 g/mol. The van der Waals surface area contributed by atoms with E-state index in [1.165, 1.54) is 49.7 Å². The van der Waals surface area contributed by atoms with E-state index >= 15 is 0 Å². The summed E-state index contributed by atoms with van der Waals surface area (Å²) in [7, 11) is 1.64. The van der Waals surface area contributed by atoms with Crippen LogP contribution in [0.2, 0.25) is 0 Å². The average molecular weight is 403 g/mol. The van der Waals surface area contributed by atoms with Crippen molar-refractivity contribution in [1.82, 2.24) is 0 Å². The van der Waals surface area contributed by atoms with Crippen molar-refractivity contribution < 1.29 is 13.7 Å². The Morgan fingerprint density at radius 1 is 1.00 bits per heavy atom. The number of ether oxygens (including phenoxy) is 1. The molecule has 0 saturated heterocycles. The number of nitrogens with zero attached hydrogens (tertiary/aromatic N) is 1. The van der Waals surface area contributed by atoms with Gasteiger partial charge in [0.05, 0.1) is 12.5 Å². The molecule has 154 valence electrons. The maximum Gasteiger partial charge on any atom is 0.608 e. The standard InChI is InChI=1S/C26H28NO3/c1-16-7-20-15-27(21-3-5-22(29-2)6-4-21)25(28)30-24(20)23(8-16)26-12-17-9-18(13-26)11-19(10-17)14-26/h3-8,15,17-19H,9-14H2,1-2H3/q+1. The van der Waals surface area contributed by atoms with Gasteiger partial charge in [0.25, 0.3) is 0 Å². The number of methoxy groups -OCH3 is 1. The Morgan fingerprint density at radius 3 is 2.23 bits per heavy atom. The van der Waals surface area contributed by atoms with Crippen molar-refractivity contribution in [2.24, 2.45) is 17.8 Å². The van der Waals surface area contributed by atoms with Crippen LogP contribution in [0.4, 0.5) is 0 Å². The predicted molar refractivity (Wildman–Crippen MR) is 115 cm³/mol. The van der Waals surface area contributed by atoms with E-state index in [-0.39, 0.29) is 11.2 Å². The molecular weight excluding hydrogens is 374 g/mol. The summed E-state index contributed by atoms with van der Waals surface area (Å²) in [5.74, 6) is 3.00. The van der Waals surface area contributed by atoms with Crippen LogP contribution >= 0.6 is 0 Å². The van der Waals surface area contributed by atoms with Gasteiger partial charge in [-0.1, -0.05) is 10.6 Å². The summed E-state index contributed by atoms with van der Waals surface area (Å²) in [6.45, 7) is 2.16. The Balaban J connectivity index is 1.51. The molecule has 0 atom stereocenters. The van der Waals surface area contributed by atoms with Crippen molar-refractivity contribution in [3.8, 4) is 11.4 Å². The van der Waals surface area contributed by atoms with Crippen LogP contribution in [0.5, 0.6) is 5.75 Å². The first-order valence-corrected chi connectivity index (χ1v) is 11.2. The van der Waals surface area contributed by atoms with Crippen LogP contribution in [-0.4, -0.2) is 7.11 Å². The van der Waals surface area contributed by atoms with E-state index in [0.717, 1.165) is 40.2 Å². The van der Waals surface area contributed by atoms with Gasteiger partial charge < -0.3 is 9.15 Å². The number of aryl methyl sites for hydroxylation is 1. The van der Waals surface area contributed by atoms with E-state index in [2.05, 4.69) is 19.1 Å². The third-order valence-corrected chi connectivity index (χ3v) is 7.88. The van der Waals surface area contributed by atoms with Crippen molar-refractivity contribution in [3.05, 3.63) is 64.3 Å². The minimum atomic E-state index is -0.331. The zero-order chi connectivity index (χ0) is 20.5. The van der Waals surface area contributed by atoms with E-state index in [4.69, 9.17) is 9.15 Å². The van der Waals surface area contributed by atoms with E-state index in [1.807, 2.05) is 30.5 Å². The first-order chi connectivity index (χ1) is 14.5. The molecule has 1 heterocycles. The number of rotatable bonds is 3. The third-order valence-electron chi connectivity index (χ3n) is 7.88. The number of aromatic nitrogens is 1. The van der Waals surface area contributed by atoms with Crippen molar-refractivity contribution in [2.45, 2.75) is 50.9 Å². The topological polar surface area (TPSA) is 43.3 Å². The lowest BCUT2D eigenvalue weighted by molar-refractivity contribution is -0.623. The van der Waals surface area contributed by atoms with Crippen LogP contribution in [0.3, 0.4) is 0 Å². The van der Waals surface area contributed by atoms with Crippen molar-refractivity contribution in [1.29, 1.82) is 0 Å². The highest BCUT2D eigenvalue weighted by atomic mass is 16.5. The number of hydrogen-bond donors (Lipinski definition) is 0. The van der Waals surface area contributed by atoms with Gasteiger partial charge in [0.1, 0.15) is 5.75 Å². The summed E-state index contributed by atoms with van der Waals surface area (Å²) in [6, 6.07) is 11.9. The molecule has 0 aliphatic heterocycles. The van der Waals surface area contributed by atoms with E-state index < -0.39 is 0 Å². The van der Waals surface area contributed by atoms with Crippen LogP contribution in [0.15, 0.2) is 51.8 Å². The third kappa shape index (κ3) is 2.73. The van der Waals surface area contributed by atoms with Crippen LogP contribution in [0.1, 0.15) is 49.7 Å². The SMILES string of the molecule is COc1ccc(-[n+]2cc3cc(C)cc(C45CC6CC(CC(C6)C4)C5)c3oc2=O)cc1. The zero-order valence-corrected chi connectivity index (χ0v) is 17.7. The van der Waals surface area contributed by atoms with Crippen molar-refractivity contribution in [3.63, 3.8) is 0 Å². The summed E-state index contributed by atoms with van der Waals surface area (Å²) in [5.41, 5.74) is 4.31. The molecule has 0 radical (unpaired) electrons. The van der Waals surface area contributed by atoms with Gasteiger partial charge in [-0.25, -0.2) is 0 Å². The Hall–Kier alpha value is -2.62. The zero-order valence-electron chi connectivity index (χ0n) is 17.7. The molecule has 0 amide bonds. The normalized spacial score (nSPS) is 29.5. The molecule has 4 heteroatoms. The molecule has 30 heavy (non-hydrogen) atoms. The van der Waals surface area contributed by atoms with Gasteiger partial charge >= 0.3 is 5.76 Å². The first kappa shape index (κ1) is 18.2. The molecule has 0 N–H and O–H groups in total. The average Bonchev–Trinajstić information content (AvgIpc) is 2.72. The number of hydrogen-bond acceptors (Lipinski definition) is 3. The lowest BCUT2D eigenvalue weighted by atomic mass is 9.48. The predicted octanol–water partition coefficient (Wildman–Crippen LogP) is 4.85. The summed E-state index contributed by atoms with van der Waals surface area (Å²) in [5, 5.41) is 1.01. The fraction of sp³-hybridized carbons (Fsp3) is 0.462. The Morgan fingerprint density at radius 2 is 1.63 bits per heavy atom. The highest BCUT2D eigenvalue weighted by Crippen LogP contribution is 2.61. The quantitative estimate of drug-likeness (QED) is 0.588. The largest absolute Gasteiger partial charge is 0.608 e. The minimum Gasteiger partial charge on any atom is -0.497 e. The lowest BCUT2D eigenvalue weighted by Gasteiger charge is -2.57. The summed E-state index contributed by atoms with van der Waals surface area (Å²) in [4.78, 5) is 13.0. The van der Waals surface area contributed by atoms with E-state index in [9.17, 15) is 4.79 Å². The fourth-order valence-electron chi connectivity index (χ4n) is 7.10. The number of benzene rings is 2. The Bertz CT molecular complexity index is 1160. The van der Waals surface area contributed by atoms with E-state index in [1.54, 1.807) is 11.7 Å². The molecule has 2 aromatic carbocycles. The number of fused-ring (bicyclic) bond motifs is 1. The highest BCUT2D eigenvalue weighted by Gasteiger charge is 2.52. The molecule has 1 aromatic heterocycles. The molecule has 0 unspecified atom stereocenters.